The van der Waals surface area contributed by atoms with E-state index in [1.807, 2.05) is 0 Å². The molecule has 3 aromatic heterocycles. The average Bonchev–Trinajstić information content (AvgIpc) is 2.94. The molecule has 0 spiro atoms. The number of rotatable bonds is 5. The Morgan fingerprint density at radius 3 is 2.68 bits per heavy atom. The molecular weight excluding hydrogens is 367 g/mol. The van der Waals surface area contributed by atoms with Crippen LogP contribution in [0.15, 0.2) is 53.9 Å². The molecule has 130 valence electrons. The number of halogens is 2. The first-order valence-electron chi connectivity index (χ1n) is 7.27. The van der Waals surface area contributed by atoms with E-state index in [-0.39, 0.29) is 33.4 Å². The average molecular weight is 381 g/mol. The first kappa shape index (κ1) is 17.5. The minimum absolute atomic E-state index is 0.0122. The molecule has 3 heterocycles. The molecule has 0 saturated heterocycles. The van der Waals surface area contributed by atoms with Gasteiger partial charge in [-0.1, -0.05) is 11.6 Å². The third-order valence-electron chi connectivity index (χ3n) is 3.56. The van der Waals surface area contributed by atoms with Crippen LogP contribution >= 0.6 is 11.6 Å². The molecule has 0 fully saturated rings. The van der Waals surface area contributed by atoms with E-state index in [0.29, 0.717) is 0 Å². The molecule has 0 atom stereocenters. The van der Waals surface area contributed by atoms with Gasteiger partial charge in [-0.05, 0) is 31.3 Å². The summed E-state index contributed by atoms with van der Waals surface area (Å²) in [7, 11) is -2.41. The van der Waals surface area contributed by atoms with Crippen molar-refractivity contribution in [3.05, 3.63) is 65.6 Å². The quantitative estimate of drug-likeness (QED) is 0.689. The van der Waals surface area contributed by atoms with Crippen LogP contribution in [0.25, 0.3) is 11.3 Å². The van der Waals surface area contributed by atoms with Crippen molar-refractivity contribution in [3.8, 4) is 11.3 Å². The molecule has 1 N–H and O–H groups in total. The number of hydrogen-bond acceptors (Lipinski definition) is 5. The van der Waals surface area contributed by atoms with Gasteiger partial charge in [-0.2, -0.15) is 0 Å². The predicted octanol–water partition coefficient (Wildman–Crippen LogP) is 2.69. The Morgan fingerprint density at radius 1 is 1.28 bits per heavy atom. The van der Waals surface area contributed by atoms with Gasteiger partial charge in [-0.3, -0.25) is 4.98 Å². The molecule has 3 aromatic rings. The zero-order valence-electron chi connectivity index (χ0n) is 13.1. The third kappa shape index (κ3) is 3.15. The molecule has 0 aromatic carbocycles. The van der Waals surface area contributed by atoms with Crippen molar-refractivity contribution >= 4 is 21.6 Å². The second kappa shape index (κ2) is 6.91. The van der Waals surface area contributed by atoms with Crippen LogP contribution in [0.4, 0.5) is 4.39 Å². The van der Waals surface area contributed by atoms with Gasteiger partial charge in [0, 0.05) is 42.5 Å². The van der Waals surface area contributed by atoms with E-state index in [1.54, 1.807) is 13.1 Å². The highest BCUT2D eigenvalue weighted by Gasteiger charge is 2.27. The Hall–Kier alpha value is -2.29. The van der Waals surface area contributed by atoms with E-state index in [9.17, 15) is 12.8 Å². The molecule has 9 heteroatoms. The van der Waals surface area contributed by atoms with Crippen molar-refractivity contribution in [3.63, 3.8) is 0 Å². The Balaban J connectivity index is 2.30. The summed E-state index contributed by atoms with van der Waals surface area (Å²) >= 11 is 6.07. The summed E-state index contributed by atoms with van der Waals surface area (Å²) in [6.45, 7) is 0.159. The van der Waals surface area contributed by atoms with Gasteiger partial charge in [0.05, 0.1) is 0 Å². The van der Waals surface area contributed by atoms with Crippen LogP contribution in [0.3, 0.4) is 0 Å². The lowest BCUT2D eigenvalue weighted by Crippen LogP contribution is -2.14. The molecule has 0 saturated carbocycles. The molecule has 0 aliphatic carbocycles. The number of aromatic nitrogens is 3. The van der Waals surface area contributed by atoms with Crippen LogP contribution in [0.1, 0.15) is 5.56 Å². The number of pyridine rings is 2. The van der Waals surface area contributed by atoms with Gasteiger partial charge in [-0.25, -0.2) is 21.8 Å². The molecule has 0 radical (unpaired) electrons. The number of nitrogens with one attached hydrogen (secondary N) is 1. The van der Waals surface area contributed by atoms with Crippen LogP contribution in [-0.4, -0.2) is 29.4 Å². The normalized spacial score (nSPS) is 11.6. The minimum atomic E-state index is -4.05. The lowest BCUT2D eigenvalue weighted by molar-refractivity contribution is 0.584. The third-order valence-corrected chi connectivity index (χ3v) is 5.50. The van der Waals surface area contributed by atoms with Crippen molar-refractivity contribution in [2.24, 2.45) is 0 Å². The van der Waals surface area contributed by atoms with Crippen LogP contribution in [0.5, 0.6) is 0 Å². The molecule has 6 nitrogen and oxygen atoms in total. The second-order valence-electron chi connectivity index (χ2n) is 5.18. The molecular formula is C16H14ClFN4O2S. The van der Waals surface area contributed by atoms with E-state index in [1.165, 1.54) is 43.0 Å². The summed E-state index contributed by atoms with van der Waals surface area (Å²) in [5.74, 6) is -0.670. The fraction of sp³-hybridized carbons (Fsp3) is 0.125. The SMILES string of the molecule is CNCc1cn(S(=O)(=O)c2cccnc2)c(-c2cccnc2Cl)c1F. The van der Waals surface area contributed by atoms with Crippen LogP contribution in [0.2, 0.25) is 5.15 Å². The fourth-order valence-electron chi connectivity index (χ4n) is 2.43. The predicted molar refractivity (Wildman–Crippen MR) is 92.2 cm³/mol. The highest BCUT2D eigenvalue weighted by molar-refractivity contribution is 7.90. The van der Waals surface area contributed by atoms with Gasteiger partial charge < -0.3 is 5.32 Å². The maximum absolute atomic E-state index is 15.0. The Bertz CT molecular complexity index is 1010. The lowest BCUT2D eigenvalue weighted by atomic mass is 10.2. The standard InChI is InChI=1S/C16H14ClFN4O2S/c1-19-8-11-10-22(25(23,24)12-4-2-6-20-9-12)15(14(11)18)13-5-3-7-21-16(13)17/h2-7,9-10,19H,8H2,1H3. The van der Waals surface area contributed by atoms with Crippen molar-refractivity contribution in [2.75, 3.05) is 7.05 Å². The minimum Gasteiger partial charge on any atom is -0.316 e. The van der Waals surface area contributed by atoms with Crippen molar-refractivity contribution in [1.29, 1.82) is 0 Å². The van der Waals surface area contributed by atoms with E-state index < -0.39 is 15.8 Å². The largest absolute Gasteiger partial charge is 0.316 e. The lowest BCUT2D eigenvalue weighted by Gasteiger charge is -2.11. The van der Waals surface area contributed by atoms with E-state index in [4.69, 9.17) is 11.6 Å². The van der Waals surface area contributed by atoms with Gasteiger partial charge in [0.2, 0.25) is 0 Å². The molecule has 0 unspecified atom stereocenters. The zero-order valence-corrected chi connectivity index (χ0v) is 14.7. The molecule has 3 rings (SSSR count). The van der Waals surface area contributed by atoms with Crippen LogP contribution in [-0.2, 0) is 16.6 Å². The molecule has 25 heavy (non-hydrogen) atoms. The number of nitrogens with zero attached hydrogens (tertiary/aromatic N) is 3. The first-order chi connectivity index (χ1) is 12.0. The second-order valence-corrected chi connectivity index (χ2v) is 7.35. The summed E-state index contributed by atoms with van der Waals surface area (Å²) < 4.78 is 41.8. The Morgan fingerprint density at radius 2 is 2.04 bits per heavy atom. The maximum atomic E-state index is 15.0. The van der Waals surface area contributed by atoms with Gasteiger partial charge >= 0.3 is 0 Å². The van der Waals surface area contributed by atoms with E-state index in [2.05, 4.69) is 15.3 Å². The summed E-state index contributed by atoms with van der Waals surface area (Å²) in [5.41, 5.74) is 0.230. The van der Waals surface area contributed by atoms with Gasteiger partial charge in [-0.15, -0.1) is 0 Å². The zero-order chi connectivity index (χ0) is 18.0. The molecule has 0 aliphatic heterocycles. The summed E-state index contributed by atoms with van der Waals surface area (Å²) in [6.07, 6.45) is 5.36. The fourth-order valence-corrected chi connectivity index (χ4v) is 3.99. The number of hydrogen-bond donors (Lipinski definition) is 1. The topological polar surface area (TPSA) is 76.9 Å². The summed E-state index contributed by atoms with van der Waals surface area (Å²) in [4.78, 5) is 7.68. The van der Waals surface area contributed by atoms with Gasteiger partial charge in [0.1, 0.15) is 15.7 Å². The van der Waals surface area contributed by atoms with Crippen LogP contribution in [0, 0.1) is 5.82 Å². The smallest absolute Gasteiger partial charge is 0.269 e. The summed E-state index contributed by atoms with van der Waals surface area (Å²) in [5, 5.41) is 2.83. The van der Waals surface area contributed by atoms with Crippen molar-refractivity contribution in [1.82, 2.24) is 19.3 Å². The van der Waals surface area contributed by atoms with Gasteiger partial charge in [0.15, 0.2) is 5.82 Å². The molecule has 0 amide bonds. The van der Waals surface area contributed by atoms with Crippen molar-refractivity contribution in [2.45, 2.75) is 11.4 Å². The Labute approximate surface area is 149 Å². The molecule has 0 aliphatic rings. The maximum Gasteiger partial charge on any atom is 0.269 e. The van der Waals surface area contributed by atoms with Crippen molar-refractivity contribution < 1.29 is 12.8 Å². The molecule has 0 bridgehead atoms. The van der Waals surface area contributed by atoms with Crippen LogP contribution < -0.4 is 5.32 Å². The highest BCUT2D eigenvalue weighted by Crippen LogP contribution is 2.33. The van der Waals surface area contributed by atoms with Gasteiger partial charge in [0.25, 0.3) is 10.0 Å². The van der Waals surface area contributed by atoms with E-state index >= 15 is 0 Å². The van der Waals surface area contributed by atoms with E-state index in [0.717, 1.165) is 3.97 Å². The first-order valence-corrected chi connectivity index (χ1v) is 9.09. The highest BCUT2D eigenvalue weighted by atomic mass is 35.5. The Kier molecular flexibility index (Phi) is 4.85. The monoisotopic (exact) mass is 380 g/mol. The summed E-state index contributed by atoms with van der Waals surface area (Å²) in [6, 6.07) is 5.98.